The van der Waals surface area contributed by atoms with Crippen LogP contribution in [0.2, 0.25) is 0 Å². The molecule has 0 fully saturated rings. The van der Waals surface area contributed by atoms with Gasteiger partial charge in [-0.25, -0.2) is 9.59 Å². The first kappa shape index (κ1) is 28.4. The summed E-state index contributed by atoms with van der Waals surface area (Å²) in [6, 6.07) is 7.77. The summed E-state index contributed by atoms with van der Waals surface area (Å²) in [4.78, 5) is 54.9. The molecule has 1 N–H and O–H groups in total. The number of rotatable bonds is 11. The Morgan fingerprint density at radius 2 is 1.78 bits per heavy atom. The number of allylic oxidation sites excluding steroid dienone is 1. The molecular weight excluding hydrogens is 534 g/mol. The van der Waals surface area contributed by atoms with Gasteiger partial charge in [-0.3, -0.25) is 9.59 Å². The molecule has 37 heavy (non-hydrogen) atoms. The molecule has 0 atom stereocenters. The molecule has 0 unspecified atom stereocenters. The first-order valence-corrected chi connectivity index (χ1v) is 14.2. The van der Waals surface area contributed by atoms with Crippen molar-refractivity contribution < 1.29 is 28.7 Å². The molecule has 9 nitrogen and oxygen atoms in total. The van der Waals surface area contributed by atoms with Crippen molar-refractivity contribution in [2.24, 2.45) is 4.99 Å². The highest BCUT2D eigenvalue weighted by Gasteiger charge is 2.27. The van der Waals surface area contributed by atoms with Crippen LogP contribution in [-0.4, -0.2) is 53.0 Å². The summed E-state index contributed by atoms with van der Waals surface area (Å²) in [6.45, 7) is 9.56. The highest BCUT2D eigenvalue weighted by Crippen LogP contribution is 2.34. The number of ether oxygens (including phenoxy) is 2. The first-order valence-electron chi connectivity index (χ1n) is 11.4. The lowest BCUT2D eigenvalue weighted by Crippen LogP contribution is -2.19. The summed E-state index contributed by atoms with van der Waals surface area (Å²) >= 11 is 3.47. The first-order chi connectivity index (χ1) is 17.8. The number of fused-ring (bicyclic) bond motifs is 1. The summed E-state index contributed by atoms with van der Waals surface area (Å²) < 4.78 is 13.1. The largest absolute Gasteiger partial charge is 0.462 e. The summed E-state index contributed by atoms with van der Waals surface area (Å²) in [7, 11) is 0. The molecule has 1 aromatic carbocycles. The summed E-state index contributed by atoms with van der Waals surface area (Å²) in [5, 5.41) is 2.88. The number of anilines is 1. The van der Waals surface area contributed by atoms with Crippen molar-refractivity contribution in [3.8, 4) is 0 Å². The van der Waals surface area contributed by atoms with Crippen LogP contribution in [0.25, 0.3) is 10.2 Å². The van der Waals surface area contributed by atoms with Gasteiger partial charge in [-0.05, 0) is 38.5 Å². The molecule has 0 bridgehead atoms. The molecule has 12 heteroatoms. The average molecular weight is 562 g/mol. The number of nitrogens with zero attached hydrogens (tertiary/aromatic N) is 2. The Balaban J connectivity index is 1.68. The van der Waals surface area contributed by atoms with Gasteiger partial charge in [0.1, 0.15) is 9.88 Å². The predicted molar refractivity (Wildman–Crippen MR) is 148 cm³/mol. The van der Waals surface area contributed by atoms with E-state index in [2.05, 4.69) is 16.9 Å². The Morgan fingerprint density at radius 1 is 1.08 bits per heavy atom. The zero-order valence-corrected chi connectivity index (χ0v) is 23.1. The SMILES string of the molecule is C=CCn1c(=NC(=O)CSCC(=O)Nc2sc(C(=O)OCC)c(C)c2C(=O)OCC)sc2ccccc21. The van der Waals surface area contributed by atoms with Gasteiger partial charge in [0.15, 0.2) is 4.80 Å². The highest BCUT2D eigenvalue weighted by atomic mass is 32.2. The predicted octanol–water partition coefficient (Wildman–Crippen LogP) is 4.41. The van der Waals surface area contributed by atoms with Crippen LogP contribution in [0.15, 0.2) is 41.9 Å². The van der Waals surface area contributed by atoms with Gasteiger partial charge in [0.25, 0.3) is 5.91 Å². The number of thiazole rings is 1. The van der Waals surface area contributed by atoms with E-state index in [0.717, 1.165) is 33.3 Å². The molecular formula is C25H27N3O6S3. The van der Waals surface area contributed by atoms with Gasteiger partial charge in [-0.1, -0.05) is 29.5 Å². The van der Waals surface area contributed by atoms with Crippen LogP contribution >= 0.6 is 34.4 Å². The molecule has 196 valence electrons. The lowest BCUT2D eigenvalue weighted by atomic mass is 10.1. The van der Waals surface area contributed by atoms with E-state index in [1.54, 1.807) is 26.8 Å². The topological polar surface area (TPSA) is 116 Å². The fourth-order valence-electron chi connectivity index (χ4n) is 3.39. The lowest BCUT2D eigenvalue weighted by Gasteiger charge is -2.07. The second kappa shape index (κ2) is 13.4. The van der Waals surface area contributed by atoms with E-state index < -0.39 is 17.8 Å². The van der Waals surface area contributed by atoms with Crippen molar-refractivity contribution in [3.05, 3.63) is 57.7 Å². The number of benzene rings is 1. The third kappa shape index (κ3) is 6.96. The Morgan fingerprint density at radius 3 is 2.49 bits per heavy atom. The van der Waals surface area contributed by atoms with Crippen LogP contribution in [0.3, 0.4) is 0 Å². The van der Waals surface area contributed by atoms with E-state index in [0.29, 0.717) is 16.9 Å². The van der Waals surface area contributed by atoms with E-state index in [-0.39, 0.29) is 46.1 Å². The second-order valence-electron chi connectivity index (χ2n) is 7.50. The van der Waals surface area contributed by atoms with Crippen molar-refractivity contribution in [1.29, 1.82) is 0 Å². The van der Waals surface area contributed by atoms with Crippen LogP contribution in [0.1, 0.15) is 39.4 Å². The monoisotopic (exact) mass is 561 g/mol. The van der Waals surface area contributed by atoms with Crippen molar-refractivity contribution >= 4 is 73.4 Å². The third-order valence-corrected chi connectivity index (χ3v) is 8.08. The fourth-order valence-corrected chi connectivity index (χ4v) is 6.15. The normalized spacial score (nSPS) is 11.4. The van der Waals surface area contributed by atoms with Gasteiger partial charge in [-0.15, -0.1) is 29.7 Å². The van der Waals surface area contributed by atoms with Gasteiger partial charge in [0.05, 0.1) is 40.5 Å². The number of carbonyl (C=O) groups excluding carboxylic acids is 4. The Hall–Kier alpha value is -3.22. The highest BCUT2D eigenvalue weighted by molar-refractivity contribution is 8.00. The minimum Gasteiger partial charge on any atom is -0.462 e. The molecule has 2 amide bonds. The molecule has 2 aromatic heterocycles. The molecule has 0 aliphatic heterocycles. The minimum atomic E-state index is -0.639. The molecule has 0 aliphatic rings. The average Bonchev–Trinajstić information content (AvgIpc) is 3.36. The van der Waals surface area contributed by atoms with Crippen LogP contribution in [0.5, 0.6) is 0 Å². The van der Waals surface area contributed by atoms with Crippen LogP contribution in [-0.2, 0) is 25.6 Å². The van der Waals surface area contributed by atoms with Crippen molar-refractivity contribution in [1.82, 2.24) is 4.57 Å². The van der Waals surface area contributed by atoms with Gasteiger partial charge in [0.2, 0.25) is 5.91 Å². The number of thiophene rings is 1. The minimum absolute atomic E-state index is 0.00195. The van der Waals surface area contributed by atoms with Gasteiger partial charge < -0.3 is 19.4 Å². The quantitative estimate of drug-likeness (QED) is 0.272. The van der Waals surface area contributed by atoms with Crippen molar-refractivity contribution in [2.75, 3.05) is 30.0 Å². The Bertz CT molecular complexity index is 1400. The number of para-hydroxylation sites is 1. The maximum atomic E-state index is 12.6. The van der Waals surface area contributed by atoms with Crippen molar-refractivity contribution in [3.63, 3.8) is 0 Å². The Kier molecular flexibility index (Phi) is 10.2. The number of amides is 2. The Labute approximate surface area is 226 Å². The number of hydrogen-bond acceptors (Lipinski definition) is 9. The van der Waals surface area contributed by atoms with E-state index in [1.165, 1.54) is 11.3 Å². The van der Waals surface area contributed by atoms with E-state index in [9.17, 15) is 19.2 Å². The van der Waals surface area contributed by atoms with Crippen LogP contribution < -0.4 is 10.1 Å². The fraction of sp³-hybridized carbons (Fsp3) is 0.320. The van der Waals surface area contributed by atoms with E-state index >= 15 is 0 Å². The molecule has 0 saturated heterocycles. The van der Waals surface area contributed by atoms with Crippen molar-refractivity contribution in [2.45, 2.75) is 27.3 Å². The van der Waals surface area contributed by atoms with E-state index in [1.807, 2.05) is 28.8 Å². The maximum Gasteiger partial charge on any atom is 0.348 e. The number of nitrogens with one attached hydrogen (secondary N) is 1. The maximum absolute atomic E-state index is 12.6. The molecule has 2 heterocycles. The zero-order chi connectivity index (χ0) is 26.9. The molecule has 0 radical (unpaired) electrons. The van der Waals surface area contributed by atoms with Gasteiger partial charge >= 0.3 is 11.9 Å². The molecule has 0 aliphatic carbocycles. The third-order valence-electron chi connectivity index (χ3n) is 4.92. The van der Waals surface area contributed by atoms with Gasteiger partial charge in [-0.2, -0.15) is 4.99 Å². The summed E-state index contributed by atoms with van der Waals surface area (Å²) in [5.74, 6) is -2.06. The van der Waals surface area contributed by atoms with Gasteiger partial charge in [0, 0.05) is 6.54 Å². The second-order valence-corrected chi connectivity index (χ2v) is 10.5. The summed E-state index contributed by atoms with van der Waals surface area (Å²) in [6.07, 6.45) is 1.74. The van der Waals surface area contributed by atoms with Crippen LogP contribution in [0, 0.1) is 6.92 Å². The standard InChI is InChI=1S/C25H27N3O6S3/c1-5-12-28-16-10-8-9-11-17(16)36-25(28)27-19(30)14-35-13-18(29)26-22-20(23(31)33-6-2)15(4)21(37-22)24(32)34-7-3/h5,8-11H,1,6-7,12-14H2,2-4H3,(H,26,29). The number of aromatic nitrogens is 1. The smallest absolute Gasteiger partial charge is 0.348 e. The molecule has 3 aromatic rings. The zero-order valence-electron chi connectivity index (χ0n) is 20.7. The molecule has 0 saturated carbocycles. The summed E-state index contributed by atoms with van der Waals surface area (Å²) in [5.41, 5.74) is 1.47. The number of thioether (sulfide) groups is 1. The molecule has 0 spiro atoms. The lowest BCUT2D eigenvalue weighted by molar-refractivity contribution is -0.115. The van der Waals surface area contributed by atoms with Crippen LogP contribution in [0.4, 0.5) is 5.00 Å². The number of esters is 2. The number of carbonyl (C=O) groups is 4. The number of hydrogen-bond donors (Lipinski definition) is 1. The van der Waals surface area contributed by atoms with E-state index in [4.69, 9.17) is 9.47 Å². The molecule has 3 rings (SSSR count).